The van der Waals surface area contributed by atoms with Crippen LogP contribution < -0.4 is 9.64 Å². The number of fused-ring (bicyclic) bond motifs is 1. The normalized spacial score (nSPS) is 15.4. The number of esters is 1. The Labute approximate surface area is 159 Å². The molecule has 1 aliphatic heterocycles. The molecule has 0 aliphatic carbocycles. The largest absolute Gasteiger partial charge is 0.481 e. The van der Waals surface area contributed by atoms with E-state index < -0.39 is 5.97 Å². The number of nitrogens with zero attached hydrogens (tertiary/aromatic N) is 1. The number of ether oxygens (including phenoxy) is 2. The number of amides is 1. The number of hydrogen-bond donors (Lipinski definition) is 0. The number of rotatable bonds is 5. The molecule has 0 saturated heterocycles. The van der Waals surface area contributed by atoms with E-state index in [2.05, 4.69) is 0 Å². The quantitative estimate of drug-likeness (QED) is 0.759. The zero-order valence-corrected chi connectivity index (χ0v) is 16.2. The first kappa shape index (κ1) is 19.0. The van der Waals surface area contributed by atoms with Gasteiger partial charge in [-0.2, -0.15) is 0 Å². The van der Waals surface area contributed by atoms with Crippen LogP contribution >= 0.6 is 0 Å². The summed E-state index contributed by atoms with van der Waals surface area (Å²) in [6, 6.07) is 11.9. The summed E-state index contributed by atoms with van der Waals surface area (Å²) in [5.41, 5.74) is 5.12. The summed E-state index contributed by atoms with van der Waals surface area (Å²) in [6.07, 6.45) is 0.810. The minimum atomic E-state index is -0.553. The fourth-order valence-electron chi connectivity index (χ4n) is 3.72. The molecule has 2 aromatic rings. The molecule has 5 heteroatoms. The smallest absolute Gasteiger partial charge is 0.344 e. The van der Waals surface area contributed by atoms with E-state index in [0.29, 0.717) is 5.75 Å². The van der Waals surface area contributed by atoms with Gasteiger partial charge >= 0.3 is 5.97 Å². The van der Waals surface area contributed by atoms with Gasteiger partial charge in [-0.15, -0.1) is 0 Å². The molecule has 0 radical (unpaired) electrons. The zero-order valence-electron chi connectivity index (χ0n) is 16.2. The predicted octanol–water partition coefficient (Wildman–Crippen LogP) is 3.51. The van der Waals surface area contributed by atoms with Gasteiger partial charge in [0.2, 0.25) is 0 Å². The van der Waals surface area contributed by atoms with E-state index in [9.17, 15) is 9.59 Å². The standard InChI is InChI=1S/C22H25NO4/c1-14-9-15(2)22(16(3)10-14)27-13-21(25)26-12-20(24)23-17(4)11-18-7-5-6-8-19(18)23/h5-10,17H,11-13H2,1-4H3/t17-/m0/s1. The molecule has 27 heavy (non-hydrogen) atoms. The van der Waals surface area contributed by atoms with Crippen molar-refractivity contribution in [1.29, 1.82) is 0 Å². The minimum absolute atomic E-state index is 0.0581. The van der Waals surface area contributed by atoms with Gasteiger partial charge in [0.05, 0.1) is 0 Å². The van der Waals surface area contributed by atoms with Crippen molar-refractivity contribution < 1.29 is 19.1 Å². The number of carbonyl (C=O) groups excluding carboxylic acids is 2. The first-order valence-electron chi connectivity index (χ1n) is 9.13. The average Bonchev–Trinajstić information content (AvgIpc) is 2.94. The molecule has 1 atom stereocenters. The highest BCUT2D eigenvalue weighted by molar-refractivity contribution is 5.97. The molecule has 5 nitrogen and oxygen atoms in total. The first-order valence-corrected chi connectivity index (χ1v) is 9.13. The Morgan fingerprint density at radius 3 is 2.44 bits per heavy atom. The average molecular weight is 367 g/mol. The Balaban J connectivity index is 1.55. The number of benzene rings is 2. The van der Waals surface area contributed by atoms with Crippen LogP contribution in [0.25, 0.3) is 0 Å². The molecule has 0 aromatic heterocycles. The van der Waals surface area contributed by atoms with Crippen LogP contribution in [0, 0.1) is 20.8 Å². The van der Waals surface area contributed by atoms with Gasteiger partial charge in [-0.1, -0.05) is 35.9 Å². The molecule has 1 amide bonds. The first-order chi connectivity index (χ1) is 12.9. The molecule has 2 aromatic carbocycles. The monoisotopic (exact) mass is 367 g/mol. The summed E-state index contributed by atoms with van der Waals surface area (Å²) in [7, 11) is 0. The van der Waals surface area contributed by atoms with Crippen LogP contribution in [-0.4, -0.2) is 31.1 Å². The van der Waals surface area contributed by atoms with Crippen LogP contribution in [-0.2, 0) is 20.7 Å². The van der Waals surface area contributed by atoms with Crippen molar-refractivity contribution in [1.82, 2.24) is 0 Å². The molecule has 0 spiro atoms. The molecule has 0 unspecified atom stereocenters. The van der Waals surface area contributed by atoms with E-state index in [1.807, 2.05) is 64.1 Å². The van der Waals surface area contributed by atoms with Crippen LogP contribution in [0.4, 0.5) is 5.69 Å². The molecular weight excluding hydrogens is 342 g/mol. The van der Waals surface area contributed by atoms with Gasteiger partial charge in [0, 0.05) is 11.7 Å². The fraction of sp³-hybridized carbons (Fsp3) is 0.364. The van der Waals surface area contributed by atoms with Crippen LogP contribution in [0.3, 0.4) is 0 Å². The van der Waals surface area contributed by atoms with Crippen LogP contribution in [0.15, 0.2) is 36.4 Å². The minimum Gasteiger partial charge on any atom is -0.481 e. The van der Waals surface area contributed by atoms with Gasteiger partial charge in [-0.05, 0) is 56.9 Å². The molecule has 0 fully saturated rings. The number of anilines is 1. The van der Waals surface area contributed by atoms with Crippen molar-refractivity contribution in [3.63, 3.8) is 0 Å². The van der Waals surface area contributed by atoms with E-state index in [-0.39, 0.29) is 25.2 Å². The third kappa shape index (κ3) is 4.13. The van der Waals surface area contributed by atoms with Gasteiger partial charge in [-0.3, -0.25) is 4.79 Å². The Morgan fingerprint density at radius 1 is 1.07 bits per heavy atom. The molecule has 142 valence electrons. The summed E-state index contributed by atoms with van der Waals surface area (Å²) in [6.45, 7) is 7.39. The molecule has 3 rings (SSSR count). The van der Waals surface area contributed by atoms with Crippen molar-refractivity contribution in [2.75, 3.05) is 18.1 Å². The van der Waals surface area contributed by atoms with E-state index in [4.69, 9.17) is 9.47 Å². The van der Waals surface area contributed by atoms with Gasteiger partial charge in [0.1, 0.15) is 5.75 Å². The van der Waals surface area contributed by atoms with Crippen LogP contribution in [0.5, 0.6) is 5.75 Å². The highest BCUT2D eigenvalue weighted by atomic mass is 16.6. The van der Waals surface area contributed by atoms with E-state index in [1.165, 1.54) is 0 Å². The lowest BCUT2D eigenvalue weighted by molar-refractivity contribution is -0.149. The topological polar surface area (TPSA) is 55.8 Å². The second-order valence-corrected chi connectivity index (χ2v) is 7.12. The maximum Gasteiger partial charge on any atom is 0.344 e. The van der Waals surface area contributed by atoms with E-state index >= 15 is 0 Å². The molecule has 1 aliphatic rings. The number of para-hydroxylation sites is 1. The summed E-state index contributed by atoms with van der Waals surface area (Å²) in [5, 5.41) is 0. The number of carbonyl (C=O) groups is 2. The maximum atomic E-state index is 12.6. The highest BCUT2D eigenvalue weighted by Gasteiger charge is 2.30. The lowest BCUT2D eigenvalue weighted by Crippen LogP contribution is -2.39. The molecule has 1 heterocycles. The Hall–Kier alpha value is -2.82. The van der Waals surface area contributed by atoms with Crippen molar-refractivity contribution in [2.45, 2.75) is 40.2 Å². The summed E-state index contributed by atoms with van der Waals surface area (Å²) >= 11 is 0. The van der Waals surface area contributed by atoms with E-state index in [0.717, 1.165) is 34.4 Å². The van der Waals surface area contributed by atoms with Gasteiger partial charge in [0.25, 0.3) is 5.91 Å². The van der Waals surface area contributed by atoms with Gasteiger partial charge in [-0.25, -0.2) is 4.79 Å². The third-order valence-electron chi connectivity index (χ3n) is 4.77. The summed E-state index contributed by atoms with van der Waals surface area (Å²) < 4.78 is 10.8. The SMILES string of the molecule is Cc1cc(C)c(OCC(=O)OCC(=O)N2c3ccccc3C[C@@H]2C)c(C)c1. The van der Waals surface area contributed by atoms with Gasteiger partial charge < -0.3 is 14.4 Å². The van der Waals surface area contributed by atoms with Crippen LogP contribution in [0.1, 0.15) is 29.2 Å². The Morgan fingerprint density at radius 2 is 1.74 bits per heavy atom. The Bertz CT molecular complexity index is 851. The number of hydrogen-bond acceptors (Lipinski definition) is 4. The maximum absolute atomic E-state index is 12.6. The van der Waals surface area contributed by atoms with Crippen molar-refractivity contribution in [3.05, 3.63) is 58.7 Å². The van der Waals surface area contributed by atoms with Crippen LogP contribution in [0.2, 0.25) is 0 Å². The van der Waals surface area contributed by atoms with Crippen molar-refractivity contribution in [3.8, 4) is 5.75 Å². The predicted molar refractivity (Wildman–Crippen MR) is 104 cm³/mol. The second kappa shape index (κ2) is 7.82. The Kier molecular flexibility index (Phi) is 5.49. The fourth-order valence-corrected chi connectivity index (χ4v) is 3.72. The van der Waals surface area contributed by atoms with Crippen molar-refractivity contribution >= 4 is 17.6 Å². The molecule has 0 bridgehead atoms. The second-order valence-electron chi connectivity index (χ2n) is 7.12. The lowest BCUT2D eigenvalue weighted by atomic mass is 10.1. The third-order valence-corrected chi connectivity index (χ3v) is 4.77. The van der Waals surface area contributed by atoms with E-state index in [1.54, 1.807) is 4.90 Å². The highest BCUT2D eigenvalue weighted by Crippen LogP contribution is 2.31. The number of aryl methyl sites for hydroxylation is 3. The zero-order chi connectivity index (χ0) is 19.6. The summed E-state index contributed by atoms with van der Waals surface area (Å²) in [5.74, 6) is -0.0858. The molecular formula is C22H25NO4. The van der Waals surface area contributed by atoms with Crippen molar-refractivity contribution in [2.24, 2.45) is 0 Å². The lowest BCUT2D eigenvalue weighted by Gasteiger charge is -2.22. The molecule has 0 saturated carbocycles. The van der Waals surface area contributed by atoms with Gasteiger partial charge in [0.15, 0.2) is 13.2 Å². The summed E-state index contributed by atoms with van der Waals surface area (Å²) in [4.78, 5) is 26.3. The molecule has 0 N–H and O–H groups in total.